The molecule has 3 nitrogen and oxygen atoms in total. The molecular formula is C22H26Cl2N2O. The number of aromatic hydroxyl groups is 1. The van der Waals surface area contributed by atoms with E-state index in [2.05, 4.69) is 49.7 Å². The maximum Gasteiger partial charge on any atom is 0.142 e. The van der Waals surface area contributed by atoms with Crippen molar-refractivity contribution in [1.29, 1.82) is 0 Å². The molecule has 0 amide bonds. The van der Waals surface area contributed by atoms with Crippen molar-refractivity contribution in [1.82, 2.24) is 0 Å². The number of nitrogens with zero attached hydrogens (tertiary/aromatic N) is 2. The van der Waals surface area contributed by atoms with Crippen LogP contribution in [0.2, 0.25) is 10.0 Å². The Morgan fingerprint density at radius 3 is 2.67 bits per heavy atom. The van der Waals surface area contributed by atoms with Crippen molar-refractivity contribution < 1.29 is 5.11 Å². The largest absolute Gasteiger partial charge is 0.506 e. The Kier molecular flexibility index (Phi) is 5.73. The molecule has 0 fully saturated rings. The number of anilines is 1. The smallest absolute Gasteiger partial charge is 0.142 e. The van der Waals surface area contributed by atoms with Crippen LogP contribution in [0.3, 0.4) is 0 Å². The van der Waals surface area contributed by atoms with E-state index in [4.69, 9.17) is 23.2 Å². The van der Waals surface area contributed by atoms with Crippen LogP contribution in [-0.2, 0) is 0 Å². The van der Waals surface area contributed by atoms with E-state index in [9.17, 15) is 5.11 Å². The normalized spacial score (nSPS) is 18.7. The van der Waals surface area contributed by atoms with Gasteiger partial charge in [0.2, 0.25) is 0 Å². The first kappa shape index (κ1) is 20.0. The van der Waals surface area contributed by atoms with Crippen LogP contribution in [0.25, 0.3) is 0 Å². The molecule has 144 valence electrons. The van der Waals surface area contributed by atoms with Crippen molar-refractivity contribution in [3.8, 4) is 5.75 Å². The number of aliphatic imine (C=N–C) groups is 1. The fourth-order valence-corrected chi connectivity index (χ4v) is 4.38. The van der Waals surface area contributed by atoms with E-state index < -0.39 is 0 Å². The van der Waals surface area contributed by atoms with Crippen LogP contribution in [0.4, 0.5) is 11.4 Å². The number of phenols is 1. The van der Waals surface area contributed by atoms with Gasteiger partial charge in [-0.2, -0.15) is 0 Å². The molecule has 2 aromatic rings. The van der Waals surface area contributed by atoms with E-state index in [0.717, 1.165) is 24.9 Å². The van der Waals surface area contributed by atoms with Crippen LogP contribution in [0.1, 0.15) is 57.6 Å². The molecule has 0 aliphatic carbocycles. The Labute approximate surface area is 171 Å². The lowest BCUT2D eigenvalue weighted by molar-refractivity contribution is 0.376. The quantitative estimate of drug-likeness (QED) is 0.559. The maximum atomic E-state index is 9.99. The average Bonchev–Trinajstić information content (AvgIpc) is 2.58. The van der Waals surface area contributed by atoms with Crippen LogP contribution in [0.5, 0.6) is 5.75 Å². The van der Waals surface area contributed by atoms with Gasteiger partial charge in [-0.15, -0.1) is 0 Å². The van der Waals surface area contributed by atoms with Crippen molar-refractivity contribution >= 4 is 40.8 Å². The minimum Gasteiger partial charge on any atom is -0.506 e. The molecule has 3 rings (SSSR count). The van der Waals surface area contributed by atoms with Gasteiger partial charge in [0, 0.05) is 40.6 Å². The molecule has 0 radical (unpaired) electrons. The summed E-state index contributed by atoms with van der Waals surface area (Å²) in [6, 6.07) is 9.07. The van der Waals surface area contributed by atoms with Gasteiger partial charge in [-0.3, -0.25) is 4.99 Å². The molecule has 0 saturated heterocycles. The molecule has 1 unspecified atom stereocenters. The molecule has 0 spiro atoms. The van der Waals surface area contributed by atoms with E-state index in [1.165, 1.54) is 17.3 Å². The highest BCUT2D eigenvalue weighted by molar-refractivity contribution is 6.33. The second kappa shape index (κ2) is 7.73. The number of phenolic OH excluding ortho intramolecular Hbond substituents is 1. The number of hydrogen-bond donors (Lipinski definition) is 1. The van der Waals surface area contributed by atoms with Crippen LogP contribution < -0.4 is 4.90 Å². The number of halogens is 2. The van der Waals surface area contributed by atoms with E-state index in [0.29, 0.717) is 21.7 Å². The predicted octanol–water partition coefficient (Wildman–Crippen LogP) is 6.95. The molecule has 2 aromatic carbocycles. The highest BCUT2D eigenvalue weighted by Crippen LogP contribution is 2.45. The summed E-state index contributed by atoms with van der Waals surface area (Å²) in [4.78, 5) is 6.88. The summed E-state index contributed by atoms with van der Waals surface area (Å²) in [5.41, 5.74) is 3.95. The molecule has 27 heavy (non-hydrogen) atoms. The molecule has 1 N–H and O–H groups in total. The average molecular weight is 405 g/mol. The second-order valence-corrected chi connectivity index (χ2v) is 8.74. The van der Waals surface area contributed by atoms with Crippen molar-refractivity contribution in [2.75, 3.05) is 11.4 Å². The lowest BCUT2D eigenvalue weighted by Crippen LogP contribution is -2.48. The van der Waals surface area contributed by atoms with Crippen molar-refractivity contribution in [3.05, 3.63) is 51.5 Å². The zero-order valence-corrected chi connectivity index (χ0v) is 17.8. The van der Waals surface area contributed by atoms with Crippen molar-refractivity contribution in [3.63, 3.8) is 0 Å². The van der Waals surface area contributed by atoms with Crippen LogP contribution in [0.15, 0.2) is 35.3 Å². The monoisotopic (exact) mass is 404 g/mol. The van der Waals surface area contributed by atoms with Gasteiger partial charge in [0.1, 0.15) is 11.4 Å². The summed E-state index contributed by atoms with van der Waals surface area (Å²) < 4.78 is 0. The molecule has 0 aromatic heterocycles. The number of fused-ring (bicyclic) bond motifs is 1. The highest BCUT2D eigenvalue weighted by Gasteiger charge is 2.36. The topological polar surface area (TPSA) is 35.8 Å². The zero-order valence-electron chi connectivity index (χ0n) is 16.3. The first-order valence-electron chi connectivity index (χ1n) is 9.36. The van der Waals surface area contributed by atoms with Crippen LogP contribution in [-0.4, -0.2) is 23.4 Å². The summed E-state index contributed by atoms with van der Waals surface area (Å²) in [5.74, 6) is 0.494. The fraction of sp³-hybridized carbons (Fsp3) is 0.409. The summed E-state index contributed by atoms with van der Waals surface area (Å²) in [6.07, 6.45) is 3.90. The lowest BCUT2D eigenvalue weighted by atomic mass is 9.79. The van der Waals surface area contributed by atoms with Gasteiger partial charge in [0.15, 0.2) is 0 Å². The molecule has 1 aliphatic rings. The Morgan fingerprint density at radius 1 is 1.26 bits per heavy atom. The molecule has 1 atom stereocenters. The third-order valence-corrected chi connectivity index (χ3v) is 5.79. The van der Waals surface area contributed by atoms with E-state index in [1.54, 1.807) is 18.3 Å². The summed E-state index contributed by atoms with van der Waals surface area (Å²) >= 11 is 12.5. The molecular weight excluding hydrogens is 379 g/mol. The number of rotatable bonds is 4. The van der Waals surface area contributed by atoms with Gasteiger partial charge in [-0.1, -0.05) is 37.0 Å². The Bertz CT molecular complexity index is 877. The standard InChI is InChI=1S/C22H26Cl2N2O/c1-5-8-26-20-11-18(24)15(9-17(20)14(2)12-22(26,3)4)13-25-19-7-6-16(23)10-21(19)27/h6-7,9-11,13-14,27H,5,8,12H2,1-4H3. The van der Waals surface area contributed by atoms with Gasteiger partial charge in [0.25, 0.3) is 0 Å². The molecule has 0 saturated carbocycles. The summed E-state index contributed by atoms with van der Waals surface area (Å²) in [5, 5.41) is 11.1. The van der Waals surface area contributed by atoms with Crippen LogP contribution in [0, 0.1) is 0 Å². The van der Waals surface area contributed by atoms with Crippen molar-refractivity contribution in [2.45, 2.75) is 52.0 Å². The van der Waals surface area contributed by atoms with Crippen molar-refractivity contribution in [2.24, 2.45) is 4.99 Å². The minimum atomic E-state index is 0.0528. The van der Waals surface area contributed by atoms with Crippen LogP contribution >= 0.6 is 23.2 Å². The Hall–Kier alpha value is -1.71. The summed E-state index contributed by atoms with van der Waals surface area (Å²) in [7, 11) is 0. The predicted molar refractivity (Wildman–Crippen MR) is 117 cm³/mol. The maximum absolute atomic E-state index is 9.99. The first-order valence-corrected chi connectivity index (χ1v) is 10.1. The highest BCUT2D eigenvalue weighted by atomic mass is 35.5. The second-order valence-electron chi connectivity index (χ2n) is 7.89. The summed E-state index contributed by atoms with van der Waals surface area (Å²) in [6.45, 7) is 10.1. The van der Waals surface area contributed by atoms with Gasteiger partial charge >= 0.3 is 0 Å². The zero-order chi connectivity index (χ0) is 19.8. The van der Waals surface area contributed by atoms with E-state index in [-0.39, 0.29) is 11.3 Å². The molecule has 1 aliphatic heterocycles. The third-order valence-electron chi connectivity index (χ3n) is 5.23. The number of benzene rings is 2. The molecule has 1 heterocycles. The Balaban J connectivity index is 2.00. The number of hydrogen-bond acceptors (Lipinski definition) is 3. The minimum absolute atomic E-state index is 0.0528. The molecule has 0 bridgehead atoms. The van der Waals surface area contributed by atoms with Gasteiger partial charge in [0.05, 0.1) is 5.02 Å². The van der Waals surface area contributed by atoms with Gasteiger partial charge < -0.3 is 10.0 Å². The van der Waals surface area contributed by atoms with E-state index >= 15 is 0 Å². The van der Waals surface area contributed by atoms with Gasteiger partial charge in [-0.05, 0) is 62.4 Å². The first-order chi connectivity index (χ1) is 12.7. The van der Waals surface area contributed by atoms with E-state index in [1.807, 2.05) is 0 Å². The third kappa shape index (κ3) is 4.09. The lowest BCUT2D eigenvalue weighted by Gasteiger charge is -2.47. The molecule has 5 heteroatoms. The Morgan fingerprint density at radius 2 is 2.00 bits per heavy atom. The SMILES string of the molecule is CCCN1c2cc(Cl)c(C=Nc3ccc(Cl)cc3O)cc2C(C)CC1(C)C. The fourth-order valence-electron chi connectivity index (χ4n) is 4.01. The van der Waals surface area contributed by atoms with Gasteiger partial charge in [-0.25, -0.2) is 0 Å².